The Morgan fingerprint density at radius 2 is 2.00 bits per heavy atom. The maximum atomic E-state index is 12.1. The Kier molecular flexibility index (Phi) is 7.89. The second-order valence-electron chi connectivity index (χ2n) is 7.74. The van der Waals surface area contributed by atoms with E-state index in [1.807, 2.05) is 79.7 Å². The average Bonchev–Trinajstić information content (AvgIpc) is 3.20. The molecule has 2 heterocycles. The first-order chi connectivity index (χ1) is 16.5. The van der Waals surface area contributed by atoms with Crippen LogP contribution in [0, 0.1) is 0 Å². The van der Waals surface area contributed by atoms with Crippen molar-refractivity contribution in [2.75, 3.05) is 31.3 Å². The van der Waals surface area contributed by atoms with E-state index in [2.05, 4.69) is 36.5 Å². The first-order valence-electron chi connectivity index (χ1n) is 10.6. The number of pyridine rings is 1. The van der Waals surface area contributed by atoms with Gasteiger partial charge in [-0.1, -0.05) is 23.5 Å². The highest BCUT2D eigenvalue weighted by Gasteiger charge is 2.09. The summed E-state index contributed by atoms with van der Waals surface area (Å²) in [6.45, 7) is 1.11. The van der Waals surface area contributed by atoms with Gasteiger partial charge in [-0.15, -0.1) is 0 Å². The Morgan fingerprint density at radius 3 is 2.76 bits per heavy atom. The number of ether oxygens (including phenoxy) is 1. The highest BCUT2D eigenvalue weighted by Crippen LogP contribution is 2.33. The van der Waals surface area contributed by atoms with Gasteiger partial charge in [-0.2, -0.15) is 0 Å². The number of halogens is 1. The molecule has 174 valence electrons. The molecule has 9 heteroatoms. The third-order valence-electron chi connectivity index (χ3n) is 4.68. The predicted octanol–water partition coefficient (Wildman–Crippen LogP) is 5.83. The van der Waals surface area contributed by atoms with Gasteiger partial charge in [0, 0.05) is 30.2 Å². The van der Waals surface area contributed by atoms with E-state index in [0.717, 1.165) is 42.6 Å². The van der Waals surface area contributed by atoms with Gasteiger partial charge in [-0.05, 0) is 78.6 Å². The van der Waals surface area contributed by atoms with Crippen LogP contribution in [0.5, 0.6) is 5.75 Å². The largest absolute Gasteiger partial charge is 0.486 e. The molecule has 2 aromatic carbocycles. The van der Waals surface area contributed by atoms with E-state index in [-0.39, 0.29) is 5.91 Å². The molecule has 0 spiro atoms. The molecule has 4 rings (SSSR count). The summed E-state index contributed by atoms with van der Waals surface area (Å²) in [5.41, 5.74) is 3.35. The zero-order chi connectivity index (χ0) is 23.9. The van der Waals surface area contributed by atoms with Crippen LogP contribution in [0.3, 0.4) is 0 Å². The van der Waals surface area contributed by atoms with Crippen molar-refractivity contribution in [3.8, 4) is 5.75 Å². The lowest BCUT2D eigenvalue weighted by molar-refractivity contribution is -0.111. The fraction of sp³-hybridized carbons (Fsp3) is 0.160. The smallest absolute Gasteiger partial charge is 0.248 e. The number of rotatable bonds is 9. The fourth-order valence-corrected chi connectivity index (χ4v) is 4.48. The molecule has 0 aliphatic carbocycles. The van der Waals surface area contributed by atoms with Crippen LogP contribution in [0.15, 0.2) is 77.4 Å². The van der Waals surface area contributed by atoms with Crippen LogP contribution in [0.1, 0.15) is 5.69 Å². The Labute approximate surface area is 210 Å². The Morgan fingerprint density at radius 1 is 1.15 bits per heavy atom. The molecule has 0 aliphatic heterocycles. The highest BCUT2D eigenvalue weighted by atomic mass is 79.9. The van der Waals surface area contributed by atoms with Crippen LogP contribution in [-0.4, -0.2) is 41.4 Å². The van der Waals surface area contributed by atoms with E-state index in [4.69, 9.17) is 4.74 Å². The minimum atomic E-state index is -0.153. The zero-order valence-electron chi connectivity index (χ0n) is 18.8. The number of nitrogens with one attached hydrogen (secondary N) is 2. The summed E-state index contributed by atoms with van der Waals surface area (Å²) in [6.07, 6.45) is 5.13. The number of aromatic nitrogens is 2. The molecule has 7 nitrogen and oxygen atoms in total. The fourth-order valence-electron chi connectivity index (χ4n) is 3.06. The summed E-state index contributed by atoms with van der Waals surface area (Å²) in [4.78, 5) is 23.0. The van der Waals surface area contributed by atoms with Crippen LogP contribution in [-0.2, 0) is 11.4 Å². The average molecular weight is 538 g/mol. The maximum absolute atomic E-state index is 12.1. The van der Waals surface area contributed by atoms with E-state index < -0.39 is 0 Å². The molecule has 0 saturated heterocycles. The van der Waals surface area contributed by atoms with Gasteiger partial charge < -0.3 is 20.3 Å². The summed E-state index contributed by atoms with van der Waals surface area (Å²) >= 11 is 5.10. The number of hydrogen-bond donors (Lipinski definition) is 2. The number of fused-ring (bicyclic) bond motifs is 1. The van der Waals surface area contributed by atoms with Crippen molar-refractivity contribution in [2.45, 2.75) is 6.61 Å². The number of carbonyl (C=O) groups excluding carboxylic acids is 1. The third-order valence-corrected chi connectivity index (χ3v) is 6.23. The second kappa shape index (κ2) is 11.2. The SMILES string of the molecule is CN(C)C/C=C/C(=O)Nc1ccc2nc(Nc3ccc(OCc4ccccn4)c(Br)c3)sc2c1. The number of likely N-dealkylation sites (N-methyl/N-ethyl adjacent to an activating group) is 1. The second-order valence-corrected chi connectivity index (χ2v) is 9.62. The molecule has 2 N–H and O–H groups in total. The Hall–Kier alpha value is -3.27. The van der Waals surface area contributed by atoms with Crippen molar-refractivity contribution in [3.63, 3.8) is 0 Å². The van der Waals surface area contributed by atoms with Crippen molar-refractivity contribution < 1.29 is 9.53 Å². The summed E-state index contributed by atoms with van der Waals surface area (Å²) in [5.74, 6) is 0.583. The number of amides is 1. The zero-order valence-corrected chi connectivity index (χ0v) is 21.2. The number of nitrogens with zero attached hydrogens (tertiary/aromatic N) is 3. The normalized spacial score (nSPS) is 11.3. The quantitative estimate of drug-likeness (QED) is 0.261. The molecule has 2 aromatic heterocycles. The standard InChI is InChI=1S/C25H24BrN5O2S/c1-31(2)13-5-7-24(32)28-18-8-10-21-23(15-18)34-25(30-21)29-17-9-11-22(20(26)14-17)33-16-19-6-3-4-12-27-19/h3-12,14-15H,13,16H2,1-2H3,(H,28,32)(H,29,30)/b7-5+. The van der Waals surface area contributed by atoms with Gasteiger partial charge in [0.15, 0.2) is 5.13 Å². The first-order valence-corrected chi connectivity index (χ1v) is 12.2. The molecule has 0 atom stereocenters. The van der Waals surface area contributed by atoms with Crippen LogP contribution >= 0.6 is 27.3 Å². The molecular formula is C25H24BrN5O2S. The molecule has 0 bridgehead atoms. The molecule has 0 radical (unpaired) electrons. The van der Waals surface area contributed by atoms with Gasteiger partial charge >= 0.3 is 0 Å². The highest BCUT2D eigenvalue weighted by molar-refractivity contribution is 9.10. The monoisotopic (exact) mass is 537 g/mol. The van der Waals surface area contributed by atoms with E-state index in [9.17, 15) is 4.79 Å². The summed E-state index contributed by atoms with van der Waals surface area (Å²) in [5, 5.41) is 7.00. The molecule has 1 amide bonds. The van der Waals surface area contributed by atoms with Crippen molar-refractivity contribution >= 4 is 59.9 Å². The van der Waals surface area contributed by atoms with E-state index in [1.165, 1.54) is 11.3 Å². The maximum Gasteiger partial charge on any atom is 0.248 e. The summed E-state index contributed by atoms with van der Waals surface area (Å²) in [6, 6.07) is 17.2. The van der Waals surface area contributed by atoms with Crippen LogP contribution in [0.4, 0.5) is 16.5 Å². The van der Waals surface area contributed by atoms with Crippen molar-refractivity contribution in [3.05, 3.63) is 83.1 Å². The van der Waals surface area contributed by atoms with Crippen LogP contribution < -0.4 is 15.4 Å². The molecule has 0 unspecified atom stereocenters. The first kappa shape index (κ1) is 23.9. The van der Waals surface area contributed by atoms with Crippen LogP contribution in [0.2, 0.25) is 0 Å². The van der Waals surface area contributed by atoms with Crippen LogP contribution in [0.25, 0.3) is 10.2 Å². The number of hydrogen-bond acceptors (Lipinski definition) is 7. The molecule has 0 saturated carbocycles. The Bertz CT molecular complexity index is 1310. The minimum absolute atomic E-state index is 0.153. The van der Waals surface area contributed by atoms with Gasteiger partial charge in [0.05, 0.1) is 20.4 Å². The van der Waals surface area contributed by atoms with Gasteiger partial charge in [0.1, 0.15) is 12.4 Å². The topological polar surface area (TPSA) is 79.4 Å². The van der Waals surface area contributed by atoms with E-state index >= 15 is 0 Å². The number of carbonyl (C=O) groups is 1. The molecular weight excluding hydrogens is 514 g/mol. The molecule has 34 heavy (non-hydrogen) atoms. The Balaban J connectivity index is 1.39. The summed E-state index contributed by atoms with van der Waals surface area (Å²) in [7, 11) is 3.91. The van der Waals surface area contributed by atoms with Crippen molar-refractivity contribution in [2.24, 2.45) is 0 Å². The number of thiazole rings is 1. The predicted molar refractivity (Wildman–Crippen MR) is 142 cm³/mol. The summed E-state index contributed by atoms with van der Waals surface area (Å²) < 4.78 is 7.68. The minimum Gasteiger partial charge on any atom is -0.486 e. The molecule has 4 aromatic rings. The lowest BCUT2D eigenvalue weighted by Gasteiger charge is -2.10. The van der Waals surface area contributed by atoms with Gasteiger partial charge in [-0.25, -0.2) is 4.98 Å². The number of benzene rings is 2. The molecule has 0 fully saturated rings. The van der Waals surface area contributed by atoms with Gasteiger partial charge in [-0.3, -0.25) is 9.78 Å². The molecule has 0 aliphatic rings. The number of anilines is 3. The van der Waals surface area contributed by atoms with Gasteiger partial charge in [0.25, 0.3) is 0 Å². The lowest BCUT2D eigenvalue weighted by atomic mass is 10.3. The van der Waals surface area contributed by atoms with Crippen molar-refractivity contribution in [1.82, 2.24) is 14.9 Å². The van der Waals surface area contributed by atoms with E-state index in [1.54, 1.807) is 12.3 Å². The lowest BCUT2D eigenvalue weighted by Crippen LogP contribution is -2.12. The van der Waals surface area contributed by atoms with Crippen molar-refractivity contribution in [1.29, 1.82) is 0 Å². The van der Waals surface area contributed by atoms with Gasteiger partial charge in [0.2, 0.25) is 5.91 Å². The van der Waals surface area contributed by atoms with E-state index in [0.29, 0.717) is 13.2 Å². The third kappa shape index (κ3) is 6.63.